The number of hydrogen-bond acceptors (Lipinski definition) is 4. The van der Waals surface area contributed by atoms with E-state index in [0.29, 0.717) is 38.9 Å². The highest BCUT2D eigenvalue weighted by molar-refractivity contribution is 5.79. The van der Waals surface area contributed by atoms with E-state index in [4.69, 9.17) is 9.47 Å². The van der Waals surface area contributed by atoms with Gasteiger partial charge in [0.15, 0.2) is 12.6 Å². The maximum Gasteiger partial charge on any atom is 0.422 e. The first-order chi connectivity index (χ1) is 12.9. The first kappa shape index (κ1) is 23.0. The predicted octanol–water partition coefficient (Wildman–Crippen LogP) is 2.74. The molecule has 0 fully saturated rings. The second-order valence-corrected chi connectivity index (χ2v) is 5.63. The largest absolute Gasteiger partial charge is 0.484 e. The SMILES string of the molecule is CCNC(=NCc1ccc(OCC(F)(F)F)cc1)NCCCOCCOC. The summed E-state index contributed by atoms with van der Waals surface area (Å²) in [7, 11) is 1.63. The lowest BCUT2D eigenvalue weighted by molar-refractivity contribution is -0.153. The molecular weight excluding hydrogens is 363 g/mol. The van der Waals surface area contributed by atoms with E-state index in [1.807, 2.05) is 6.92 Å². The van der Waals surface area contributed by atoms with Crippen molar-refractivity contribution in [3.63, 3.8) is 0 Å². The van der Waals surface area contributed by atoms with Crippen LogP contribution in [0.5, 0.6) is 5.75 Å². The van der Waals surface area contributed by atoms with Crippen LogP contribution >= 0.6 is 0 Å². The minimum atomic E-state index is -4.34. The first-order valence-corrected chi connectivity index (χ1v) is 8.82. The van der Waals surface area contributed by atoms with Crippen LogP contribution in [0.15, 0.2) is 29.3 Å². The number of hydrogen-bond donors (Lipinski definition) is 2. The zero-order chi connectivity index (χ0) is 20.0. The Kier molecular flexibility index (Phi) is 11.3. The molecule has 9 heteroatoms. The highest BCUT2D eigenvalue weighted by Gasteiger charge is 2.28. The molecule has 2 N–H and O–H groups in total. The lowest BCUT2D eigenvalue weighted by atomic mass is 10.2. The summed E-state index contributed by atoms with van der Waals surface area (Å²) in [4.78, 5) is 4.46. The Hall–Kier alpha value is -2.00. The van der Waals surface area contributed by atoms with Gasteiger partial charge in [0.05, 0.1) is 19.8 Å². The van der Waals surface area contributed by atoms with Crippen LogP contribution in [0.25, 0.3) is 0 Å². The summed E-state index contributed by atoms with van der Waals surface area (Å²) in [5.41, 5.74) is 0.870. The van der Waals surface area contributed by atoms with Crippen molar-refractivity contribution < 1.29 is 27.4 Å². The number of alkyl halides is 3. The van der Waals surface area contributed by atoms with Crippen LogP contribution < -0.4 is 15.4 Å². The standard InChI is InChI=1S/C18H28F3N3O3/c1-3-22-17(23-9-4-10-26-12-11-25-2)24-13-15-5-7-16(8-6-15)27-14-18(19,20)21/h5-8H,3-4,9-14H2,1-2H3,(H2,22,23,24). The predicted molar refractivity (Wildman–Crippen MR) is 98.1 cm³/mol. The number of aliphatic imine (C=N–C) groups is 1. The number of guanidine groups is 1. The Morgan fingerprint density at radius 2 is 1.81 bits per heavy atom. The zero-order valence-corrected chi connectivity index (χ0v) is 15.8. The minimum absolute atomic E-state index is 0.179. The molecule has 0 aliphatic heterocycles. The average molecular weight is 391 g/mol. The van der Waals surface area contributed by atoms with Crippen molar-refractivity contribution in [2.45, 2.75) is 26.1 Å². The van der Waals surface area contributed by atoms with Crippen molar-refractivity contribution in [3.8, 4) is 5.75 Å². The van der Waals surface area contributed by atoms with Gasteiger partial charge in [-0.3, -0.25) is 0 Å². The summed E-state index contributed by atoms with van der Waals surface area (Å²) in [6, 6.07) is 6.41. The van der Waals surface area contributed by atoms with Gasteiger partial charge in [0.2, 0.25) is 0 Å². The van der Waals surface area contributed by atoms with Crippen molar-refractivity contribution in [2.24, 2.45) is 4.99 Å². The summed E-state index contributed by atoms with van der Waals surface area (Å²) in [6.45, 7) is 4.30. The highest BCUT2D eigenvalue weighted by Crippen LogP contribution is 2.19. The summed E-state index contributed by atoms with van der Waals surface area (Å²) >= 11 is 0. The molecule has 1 aromatic carbocycles. The molecule has 0 saturated heterocycles. The van der Waals surface area contributed by atoms with E-state index in [-0.39, 0.29) is 5.75 Å². The molecule has 0 radical (unpaired) electrons. The average Bonchev–Trinajstić information content (AvgIpc) is 2.64. The summed E-state index contributed by atoms with van der Waals surface area (Å²) in [5, 5.41) is 6.35. The molecule has 0 aromatic heterocycles. The second-order valence-electron chi connectivity index (χ2n) is 5.63. The monoisotopic (exact) mass is 391 g/mol. The van der Waals surface area contributed by atoms with Gasteiger partial charge in [0, 0.05) is 26.8 Å². The van der Waals surface area contributed by atoms with Gasteiger partial charge in [-0.2, -0.15) is 13.2 Å². The molecule has 0 spiro atoms. The molecule has 154 valence electrons. The van der Waals surface area contributed by atoms with E-state index in [2.05, 4.69) is 20.4 Å². The topological polar surface area (TPSA) is 64.1 Å². The van der Waals surface area contributed by atoms with Crippen LogP contribution in [0.4, 0.5) is 13.2 Å². The highest BCUT2D eigenvalue weighted by atomic mass is 19.4. The molecule has 6 nitrogen and oxygen atoms in total. The van der Waals surface area contributed by atoms with Gasteiger partial charge in [-0.25, -0.2) is 4.99 Å². The third kappa shape index (κ3) is 12.1. The number of methoxy groups -OCH3 is 1. The Bertz CT molecular complexity index is 537. The van der Waals surface area contributed by atoms with Crippen molar-refractivity contribution >= 4 is 5.96 Å². The number of rotatable bonds is 12. The van der Waals surface area contributed by atoms with E-state index in [0.717, 1.165) is 18.5 Å². The number of ether oxygens (including phenoxy) is 3. The van der Waals surface area contributed by atoms with Gasteiger partial charge >= 0.3 is 6.18 Å². The van der Waals surface area contributed by atoms with Crippen molar-refractivity contribution in [3.05, 3.63) is 29.8 Å². The van der Waals surface area contributed by atoms with Crippen molar-refractivity contribution in [2.75, 3.05) is 46.6 Å². The molecular formula is C18H28F3N3O3. The molecule has 0 unspecified atom stereocenters. The van der Waals surface area contributed by atoms with E-state index < -0.39 is 12.8 Å². The Morgan fingerprint density at radius 3 is 2.44 bits per heavy atom. The minimum Gasteiger partial charge on any atom is -0.484 e. The Balaban J connectivity index is 2.38. The lowest BCUT2D eigenvalue weighted by Crippen LogP contribution is -2.38. The number of halogens is 3. The van der Waals surface area contributed by atoms with Crippen molar-refractivity contribution in [1.82, 2.24) is 10.6 Å². The van der Waals surface area contributed by atoms with Gasteiger partial charge in [-0.1, -0.05) is 12.1 Å². The van der Waals surface area contributed by atoms with Gasteiger partial charge < -0.3 is 24.8 Å². The van der Waals surface area contributed by atoms with E-state index in [1.165, 1.54) is 12.1 Å². The summed E-state index contributed by atoms with van der Waals surface area (Å²) < 4.78 is 51.4. The van der Waals surface area contributed by atoms with Crippen LogP contribution in [-0.2, 0) is 16.0 Å². The maximum atomic E-state index is 12.1. The fourth-order valence-electron chi connectivity index (χ4n) is 1.99. The second kappa shape index (κ2) is 13.2. The van der Waals surface area contributed by atoms with Crippen LogP contribution in [0.3, 0.4) is 0 Å². The summed E-state index contributed by atoms with van der Waals surface area (Å²) in [6.07, 6.45) is -3.51. The molecule has 0 aliphatic carbocycles. The lowest BCUT2D eigenvalue weighted by Gasteiger charge is -2.12. The molecule has 27 heavy (non-hydrogen) atoms. The molecule has 0 heterocycles. The van der Waals surface area contributed by atoms with Crippen molar-refractivity contribution in [1.29, 1.82) is 0 Å². The Morgan fingerprint density at radius 1 is 1.07 bits per heavy atom. The van der Waals surface area contributed by atoms with Crippen LogP contribution in [0.2, 0.25) is 0 Å². The molecule has 0 amide bonds. The fourth-order valence-corrected chi connectivity index (χ4v) is 1.99. The molecule has 0 atom stereocenters. The maximum absolute atomic E-state index is 12.1. The molecule has 0 aliphatic rings. The van der Waals surface area contributed by atoms with E-state index >= 15 is 0 Å². The van der Waals surface area contributed by atoms with Gasteiger partial charge in [-0.05, 0) is 31.0 Å². The molecule has 0 saturated carbocycles. The molecule has 1 rings (SSSR count). The van der Waals surface area contributed by atoms with Crippen LogP contribution in [0.1, 0.15) is 18.9 Å². The van der Waals surface area contributed by atoms with Gasteiger partial charge in [0.25, 0.3) is 0 Å². The number of benzene rings is 1. The van der Waals surface area contributed by atoms with Gasteiger partial charge in [-0.15, -0.1) is 0 Å². The number of nitrogens with zero attached hydrogens (tertiary/aromatic N) is 1. The normalized spacial score (nSPS) is 12.1. The first-order valence-electron chi connectivity index (χ1n) is 8.82. The van der Waals surface area contributed by atoms with Crippen LogP contribution in [0, 0.1) is 0 Å². The van der Waals surface area contributed by atoms with E-state index in [9.17, 15) is 13.2 Å². The fraction of sp³-hybridized carbons (Fsp3) is 0.611. The number of nitrogens with one attached hydrogen (secondary N) is 2. The quantitative estimate of drug-likeness (QED) is 0.326. The smallest absolute Gasteiger partial charge is 0.422 e. The zero-order valence-electron chi connectivity index (χ0n) is 15.8. The van der Waals surface area contributed by atoms with Gasteiger partial charge in [0.1, 0.15) is 5.75 Å². The van der Waals surface area contributed by atoms with Crippen LogP contribution in [-0.4, -0.2) is 58.8 Å². The Labute approximate surface area is 158 Å². The van der Waals surface area contributed by atoms with E-state index in [1.54, 1.807) is 19.2 Å². The third-order valence-electron chi connectivity index (χ3n) is 3.28. The molecule has 1 aromatic rings. The molecule has 0 bridgehead atoms. The summed E-state index contributed by atoms with van der Waals surface area (Å²) in [5.74, 6) is 0.852. The third-order valence-corrected chi connectivity index (χ3v) is 3.28.